The fourth-order valence-electron chi connectivity index (χ4n) is 3.23. The maximum atomic E-state index is 11.1. The van der Waals surface area contributed by atoms with E-state index < -0.39 is 24.8 Å². The van der Waals surface area contributed by atoms with Crippen LogP contribution < -0.4 is 17.8 Å². The number of hydrogen-bond acceptors (Lipinski definition) is 5. The molecule has 0 radical (unpaired) electrons. The van der Waals surface area contributed by atoms with Crippen LogP contribution in [-0.4, -0.2) is 36.1 Å². The molecule has 0 amide bonds. The molecule has 0 spiro atoms. The quantitative estimate of drug-likeness (QED) is 0.159. The summed E-state index contributed by atoms with van der Waals surface area (Å²) in [6.07, 6.45) is 0. The zero-order chi connectivity index (χ0) is 25.3. The smallest absolute Gasteiger partial charge is 0.270 e. The fourth-order valence-corrected chi connectivity index (χ4v) is 8.68. The molecule has 4 aromatic carbocycles. The zero-order valence-corrected chi connectivity index (χ0v) is 22.5. The first-order valence-corrected chi connectivity index (χ1v) is 15.1. The van der Waals surface area contributed by atoms with Gasteiger partial charge in [0.05, 0.1) is 12.0 Å². The molecular weight excluding hydrogens is 523 g/mol. The van der Waals surface area contributed by atoms with Gasteiger partial charge in [-0.25, -0.2) is 0 Å². The summed E-state index contributed by atoms with van der Waals surface area (Å²) in [5.74, 6) is 0.301. The van der Waals surface area contributed by atoms with Crippen LogP contribution in [0.25, 0.3) is 0 Å². The second-order valence-electron chi connectivity index (χ2n) is 7.53. The van der Waals surface area contributed by atoms with E-state index in [-0.39, 0.29) is 10.9 Å². The Balaban J connectivity index is 0.000000241. The summed E-state index contributed by atoms with van der Waals surface area (Å²) < 4.78 is 35.7. The normalized spacial score (nSPS) is 10.9. The first-order valence-electron chi connectivity index (χ1n) is 10.9. The Bertz CT molecular complexity index is 1280. The van der Waals surface area contributed by atoms with Gasteiger partial charge in [-0.3, -0.25) is 4.18 Å². The number of ether oxygens (including phenoxy) is 1. The van der Waals surface area contributed by atoms with Crippen LogP contribution in [0.4, 0.5) is 0 Å². The predicted octanol–water partition coefficient (Wildman–Crippen LogP) is 3.46. The first-order chi connectivity index (χ1) is 16.8. The Hall–Kier alpha value is -3.18. The van der Waals surface area contributed by atoms with Gasteiger partial charge in [-0.2, -0.15) is 8.42 Å². The third-order valence-corrected chi connectivity index (χ3v) is 11.3. The van der Waals surface area contributed by atoms with Crippen molar-refractivity contribution in [3.05, 3.63) is 115 Å². The number of carbonyl (C=O) groups is 1. The van der Waals surface area contributed by atoms with E-state index in [1.165, 1.54) is 32.1 Å². The molecule has 4 aromatic rings. The van der Waals surface area contributed by atoms with Crippen molar-refractivity contribution in [1.29, 1.82) is 0 Å². The van der Waals surface area contributed by atoms with Crippen molar-refractivity contribution in [2.45, 2.75) is 18.7 Å². The Morgan fingerprint density at radius 3 is 1.57 bits per heavy atom. The van der Waals surface area contributed by atoms with Gasteiger partial charge in [-0.05, 0) is 19.1 Å². The van der Waals surface area contributed by atoms with E-state index in [0.717, 1.165) is 12.7 Å². The van der Waals surface area contributed by atoms with E-state index >= 15 is 0 Å². The van der Waals surface area contributed by atoms with Crippen molar-refractivity contribution >= 4 is 43.8 Å². The SMILES string of the molecule is CC(=O)Oc1ccc([As](c2ccccc2)c2ccccc2)cc1.COS(=O)(=O)c1ccc(C)cc1. The molecule has 4 rings (SSSR count). The zero-order valence-electron chi connectivity index (χ0n) is 19.8. The first kappa shape index (κ1) is 26.4. The maximum absolute atomic E-state index is 11.1. The third kappa shape index (κ3) is 7.66. The van der Waals surface area contributed by atoms with Gasteiger partial charge < -0.3 is 0 Å². The van der Waals surface area contributed by atoms with E-state index in [1.54, 1.807) is 12.1 Å². The molecule has 35 heavy (non-hydrogen) atoms. The van der Waals surface area contributed by atoms with E-state index in [9.17, 15) is 13.2 Å². The molecule has 0 aliphatic rings. The van der Waals surface area contributed by atoms with Gasteiger partial charge in [-0.15, -0.1) is 0 Å². The Morgan fingerprint density at radius 1 is 0.686 bits per heavy atom. The number of benzene rings is 4. The molecule has 7 heteroatoms. The summed E-state index contributed by atoms with van der Waals surface area (Å²) in [4.78, 5) is 11.3. The number of hydrogen-bond donors (Lipinski definition) is 0. The van der Waals surface area contributed by atoms with Gasteiger partial charge in [0, 0.05) is 0 Å². The van der Waals surface area contributed by atoms with Crippen LogP contribution in [0.3, 0.4) is 0 Å². The number of rotatable bonds is 6. The van der Waals surface area contributed by atoms with Gasteiger partial charge in [0.25, 0.3) is 10.1 Å². The molecule has 0 N–H and O–H groups in total. The summed E-state index contributed by atoms with van der Waals surface area (Å²) >= 11 is -1.59. The summed E-state index contributed by atoms with van der Waals surface area (Å²) in [5, 5.41) is 0. The molecule has 0 bridgehead atoms. The van der Waals surface area contributed by atoms with Crippen LogP contribution in [0, 0.1) is 6.92 Å². The monoisotopic (exact) mass is 550 g/mol. The summed E-state index contributed by atoms with van der Waals surface area (Å²) in [7, 11) is -2.37. The number of esters is 1. The minimum Gasteiger partial charge on any atom is -0.270 e. The second kappa shape index (κ2) is 12.5. The van der Waals surface area contributed by atoms with Gasteiger partial charge in [-0.1, -0.05) is 17.7 Å². The van der Waals surface area contributed by atoms with Crippen molar-refractivity contribution < 1.29 is 22.1 Å². The van der Waals surface area contributed by atoms with E-state index in [4.69, 9.17) is 4.74 Å². The summed E-state index contributed by atoms with van der Waals surface area (Å²) in [6.45, 7) is 3.31. The Morgan fingerprint density at radius 2 is 1.14 bits per heavy atom. The van der Waals surface area contributed by atoms with Crippen LogP contribution in [0.15, 0.2) is 114 Å². The largest absolute Gasteiger partial charge is 0.296 e. The molecule has 0 saturated heterocycles. The molecule has 5 nitrogen and oxygen atoms in total. The molecule has 0 fully saturated rings. The van der Waals surface area contributed by atoms with Crippen molar-refractivity contribution in [1.82, 2.24) is 0 Å². The summed E-state index contributed by atoms with van der Waals surface area (Å²) in [6, 6.07) is 35.7. The van der Waals surface area contributed by atoms with Gasteiger partial charge in [0.1, 0.15) is 0 Å². The van der Waals surface area contributed by atoms with Crippen molar-refractivity contribution in [2.24, 2.45) is 0 Å². The van der Waals surface area contributed by atoms with E-state index in [2.05, 4.69) is 64.8 Å². The molecular formula is C28H27AsO5S. The molecule has 0 aromatic heterocycles. The topological polar surface area (TPSA) is 69.7 Å². The van der Waals surface area contributed by atoms with Crippen LogP contribution >= 0.6 is 0 Å². The van der Waals surface area contributed by atoms with Gasteiger partial charge in [0.2, 0.25) is 0 Å². The maximum Gasteiger partial charge on any atom is 0.296 e. The number of aryl methyl sites for hydroxylation is 1. The Labute approximate surface area is 211 Å². The second-order valence-corrected chi connectivity index (χ2v) is 13.9. The standard InChI is InChI=1S/C20H17AsO2.C8H10O3S/c1-16(22)23-20-14-12-19(13-15-20)21(17-8-4-2-5-9-17)18-10-6-3-7-11-18;1-7-3-5-8(6-4-7)12(9,10)11-2/h2-15H,1H3;3-6H,1-2H3. The fraction of sp³-hybridized carbons (Fsp3) is 0.107. The molecule has 0 heterocycles. The summed E-state index contributed by atoms with van der Waals surface area (Å²) in [5.41, 5.74) is 1.02. The predicted molar refractivity (Wildman–Crippen MR) is 141 cm³/mol. The van der Waals surface area contributed by atoms with E-state index in [1.807, 2.05) is 31.2 Å². The molecule has 0 saturated carbocycles. The molecule has 0 aliphatic heterocycles. The van der Waals surface area contributed by atoms with Crippen LogP contribution in [0.1, 0.15) is 12.5 Å². The number of carbonyl (C=O) groups excluding carboxylic acids is 1. The van der Waals surface area contributed by atoms with Crippen LogP contribution in [0.5, 0.6) is 5.75 Å². The molecule has 0 aliphatic carbocycles. The van der Waals surface area contributed by atoms with Crippen molar-refractivity contribution in [3.63, 3.8) is 0 Å². The van der Waals surface area contributed by atoms with E-state index in [0.29, 0.717) is 5.75 Å². The van der Waals surface area contributed by atoms with Crippen molar-refractivity contribution in [2.75, 3.05) is 7.11 Å². The van der Waals surface area contributed by atoms with Gasteiger partial charge >= 0.3 is 141 Å². The molecule has 0 unspecified atom stereocenters. The minimum atomic E-state index is -3.51. The average Bonchev–Trinajstić information content (AvgIpc) is 2.87. The molecule has 180 valence electrons. The third-order valence-electron chi connectivity index (χ3n) is 4.91. The van der Waals surface area contributed by atoms with Gasteiger partial charge in [0.15, 0.2) is 0 Å². The molecule has 0 atom stereocenters. The van der Waals surface area contributed by atoms with Crippen LogP contribution in [-0.2, 0) is 19.1 Å². The van der Waals surface area contributed by atoms with Crippen LogP contribution in [0.2, 0.25) is 0 Å². The van der Waals surface area contributed by atoms with Crippen molar-refractivity contribution in [3.8, 4) is 5.75 Å². The Kier molecular flexibility index (Phi) is 9.44. The average molecular weight is 551 g/mol. The minimum absolute atomic E-state index is 0.190.